The summed E-state index contributed by atoms with van der Waals surface area (Å²) in [4.78, 5) is 28.9. The van der Waals surface area contributed by atoms with Crippen LogP contribution in [0.4, 0.5) is 5.69 Å². The summed E-state index contributed by atoms with van der Waals surface area (Å²) in [5, 5.41) is 5.43. The molecular formula is C19H20N4O3. The fourth-order valence-electron chi connectivity index (χ4n) is 2.75. The maximum Gasteiger partial charge on any atom is 0.244 e. The first-order chi connectivity index (χ1) is 12.6. The SMILES string of the molecule is CNC(=O)Cc1nc2ccccc2n1CC(=O)Nc1ccccc1OC. The molecule has 0 saturated heterocycles. The lowest BCUT2D eigenvalue weighted by Crippen LogP contribution is -2.25. The summed E-state index contributed by atoms with van der Waals surface area (Å²) in [6.07, 6.45) is 0.104. The zero-order valence-electron chi connectivity index (χ0n) is 14.7. The van der Waals surface area contributed by atoms with E-state index in [-0.39, 0.29) is 24.8 Å². The average molecular weight is 352 g/mol. The number of carbonyl (C=O) groups is 2. The summed E-state index contributed by atoms with van der Waals surface area (Å²) in [5.74, 6) is 0.741. The van der Waals surface area contributed by atoms with Crippen LogP contribution in [-0.2, 0) is 22.6 Å². The van der Waals surface area contributed by atoms with Crippen molar-refractivity contribution >= 4 is 28.5 Å². The number of fused-ring (bicyclic) bond motifs is 1. The van der Waals surface area contributed by atoms with Gasteiger partial charge in [-0.05, 0) is 24.3 Å². The summed E-state index contributed by atoms with van der Waals surface area (Å²) >= 11 is 0. The zero-order chi connectivity index (χ0) is 18.5. The van der Waals surface area contributed by atoms with E-state index in [2.05, 4.69) is 15.6 Å². The summed E-state index contributed by atoms with van der Waals surface area (Å²) < 4.78 is 7.02. The molecule has 2 amide bonds. The normalized spacial score (nSPS) is 10.5. The van der Waals surface area contributed by atoms with Crippen LogP contribution in [0.2, 0.25) is 0 Å². The van der Waals surface area contributed by atoms with Gasteiger partial charge >= 0.3 is 0 Å². The largest absolute Gasteiger partial charge is 0.495 e. The van der Waals surface area contributed by atoms with Crippen molar-refractivity contribution in [3.8, 4) is 5.75 Å². The van der Waals surface area contributed by atoms with Crippen LogP contribution in [0, 0.1) is 0 Å². The maximum atomic E-state index is 12.6. The van der Waals surface area contributed by atoms with E-state index >= 15 is 0 Å². The number of rotatable bonds is 6. The Balaban J connectivity index is 1.88. The summed E-state index contributed by atoms with van der Waals surface area (Å²) in [5.41, 5.74) is 2.15. The van der Waals surface area contributed by atoms with Gasteiger partial charge < -0.3 is 19.9 Å². The number of amides is 2. The van der Waals surface area contributed by atoms with E-state index in [1.807, 2.05) is 36.4 Å². The van der Waals surface area contributed by atoms with E-state index in [0.29, 0.717) is 17.3 Å². The molecule has 3 aromatic rings. The Morgan fingerprint density at radius 3 is 2.58 bits per heavy atom. The Kier molecular flexibility index (Phi) is 5.17. The fraction of sp³-hybridized carbons (Fsp3) is 0.211. The van der Waals surface area contributed by atoms with Crippen LogP contribution in [0.5, 0.6) is 5.75 Å². The van der Waals surface area contributed by atoms with Gasteiger partial charge in [-0.1, -0.05) is 24.3 Å². The van der Waals surface area contributed by atoms with Crippen molar-refractivity contribution in [2.24, 2.45) is 0 Å². The van der Waals surface area contributed by atoms with Gasteiger partial charge in [-0.25, -0.2) is 4.98 Å². The highest BCUT2D eigenvalue weighted by Gasteiger charge is 2.16. The molecule has 0 spiro atoms. The number of nitrogens with zero attached hydrogens (tertiary/aromatic N) is 2. The summed E-state index contributed by atoms with van der Waals surface area (Å²) in [7, 11) is 3.12. The number of likely N-dealkylation sites (N-methyl/N-ethyl adjacent to an activating group) is 1. The third kappa shape index (κ3) is 3.66. The minimum Gasteiger partial charge on any atom is -0.495 e. The second kappa shape index (κ2) is 7.69. The molecule has 3 rings (SSSR count). The molecule has 2 N–H and O–H groups in total. The van der Waals surface area contributed by atoms with Crippen molar-refractivity contribution in [3.05, 3.63) is 54.4 Å². The van der Waals surface area contributed by atoms with E-state index in [9.17, 15) is 9.59 Å². The Hall–Kier alpha value is -3.35. The average Bonchev–Trinajstić information content (AvgIpc) is 2.99. The summed E-state index contributed by atoms with van der Waals surface area (Å²) in [6.45, 7) is 0.0465. The number of aromatic nitrogens is 2. The van der Waals surface area contributed by atoms with Crippen LogP contribution < -0.4 is 15.4 Å². The molecule has 0 aliphatic carbocycles. The van der Waals surface area contributed by atoms with Gasteiger partial charge in [0.1, 0.15) is 18.1 Å². The van der Waals surface area contributed by atoms with Crippen molar-refractivity contribution in [1.29, 1.82) is 0 Å². The molecule has 0 atom stereocenters. The lowest BCUT2D eigenvalue weighted by atomic mass is 10.3. The Bertz CT molecular complexity index is 949. The van der Waals surface area contributed by atoms with Crippen molar-refractivity contribution in [3.63, 3.8) is 0 Å². The van der Waals surface area contributed by atoms with E-state index in [4.69, 9.17) is 4.74 Å². The third-order valence-corrected chi connectivity index (χ3v) is 4.01. The number of imidazole rings is 1. The molecule has 26 heavy (non-hydrogen) atoms. The first kappa shape index (κ1) is 17.5. The van der Waals surface area contributed by atoms with Crippen LogP contribution in [-0.4, -0.2) is 35.5 Å². The number of hydrogen-bond donors (Lipinski definition) is 2. The van der Waals surface area contributed by atoms with Crippen molar-refractivity contribution < 1.29 is 14.3 Å². The molecule has 0 unspecified atom stereocenters. The highest BCUT2D eigenvalue weighted by molar-refractivity contribution is 5.93. The lowest BCUT2D eigenvalue weighted by Gasteiger charge is -2.12. The van der Waals surface area contributed by atoms with E-state index in [0.717, 1.165) is 11.0 Å². The number of nitrogens with one attached hydrogen (secondary N) is 2. The van der Waals surface area contributed by atoms with Crippen molar-refractivity contribution in [2.45, 2.75) is 13.0 Å². The molecule has 0 aliphatic rings. The molecule has 0 bridgehead atoms. The molecule has 0 saturated carbocycles. The molecule has 7 heteroatoms. The maximum absolute atomic E-state index is 12.6. The lowest BCUT2D eigenvalue weighted by molar-refractivity contribution is -0.120. The first-order valence-corrected chi connectivity index (χ1v) is 8.20. The van der Waals surface area contributed by atoms with Gasteiger partial charge in [0.25, 0.3) is 0 Å². The Morgan fingerprint density at radius 2 is 1.81 bits per heavy atom. The molecule has 0 fully saturated rings. The Labute approximate surface area is 151 Å². The smallest absolute Gasteiger partial charge is 0.244 e. The van der Waals surface area contributed by atoms with Crippen LogP contribution in [0.1, 0.15) is 5.82 Å². The van der Waals surface area contributed by atoms with Crippen molar-refractivity contribution in [1.82, 2.24) is 14.9 Å². The van der Waals surface area contributed by atoms with Crippen LogP contribution in [0.25, 0.3) is 11.0 Å². The van der Waals surface area contributed by atoms with Crippen molar-refractivity contribution in [2.75, 3.05) is 19.5 Å². The van der Waals surface area contributed by atoms with Gasteiger partial charge in [0, 0.05) is 7.05 Å². The van der Waals surface area contributed by atoms with Gasteiger partial charge in [0.2, 0.25) is 11.8 Å². The van der Waals surface area contributed by atoms with Crippen LogP contribution in [0.15, 0.2) is 48.5 Å². The number of ether oxygens (including phenoxy) is 1. The molecule has 0 aliphatic heterocycles. The van der Waals surface area contributed by atoms with E-state index in [1.165, 1.54) is 0 Å². The molecule has 134 valence electrons. The highest BCUT2D eigenvalue weighted by atomic mass is 16.5. The fourth-order valence-corrected chi connectivity index (χ4v) is 2.75. The van der Waals surface area contributed by atoms with Gasteiger partial charge in [0.15, 0.2) is 0 Å². The predicted octanol–water partition coefficient (Wildman–Crippen LogP) is 1.97. The minimum absolute atomic E-state index is 0.0465. The van der Waals surface area contributed by atoms with Crippen LogP contribution in [0.3, 0.4) is 0 Å². The number of anilines is 1. The molecule has 7 nitrogen and oxygen atoms in total. The van der Waals surface area contributed by atoms with Gasteiger partial charge in [-0.2, -0.15) is 0 Å². The molecule has 1 aromatic heterocycles. The highest BCUT2D eigenvalue weighted by Crippen LogP contribution is 2.23. The predicted molar refractivity (Wildman–Crippen MR) is 99.1 cm³/mol. The monoisotopic (exact) mass is 352 g/mol. The number of benzene rings is 2. The topological polar surface area (TPSA) is 85.2 Å². The summed E-state index contributed by atoms with van der Waals surface area (Å²) in [6, 6.07) is 14.7. The first-order valence-electron chi connectivity index (χ1n) is 8.20. The standard InChI is InChI=1S/C19H20N4O3/c1-20-18(24)11-17-21-13-7-3-5-9-15(13)23(17)12-19(25)22-14-8-4-6-10-16(14)26-2/h3-10H,11-12H2,1-2H3,(H,20,24)(H,22,25). The quantitative estimate of drug-likeness (QED) is 0.710. The second-order valence-electron chi connectivity index (χ2n) is 5.70. The molecular weight excluding hydrogens is 332 g/mol. The van der Waals surface area contributed by atoms with Gasteiger partial charge in [-0.3, -0.25) is 9.59 Å². The second-order valence-corrected chi connectivity index (χ2v) is 5.70. The number of methoxy groups -OCH3 is 1. The Morgan fingerprint density at radius 1 is 1.08 bits per heavy atom. The van der Waals surface area contributed by atoms with Gasteiger partial charge in [-0.15, -0.1) is 0 Å². The minimum atomic E-state index is -0.226. The van der Waals surface area contributed by atoms with E-state index < -0.39 is 0 Å². The van der Waals surface area contributed by atoms with Crippen LogP contribution >= 0.6 is 0 Å². The number of hydrogen-bond acceptors (Lipinski definition) is 4. The van der Waals surface area contributed by atoms with Gasteiger partial charge in [0.05, 0.1) is 30.3 Å². The number of para-hydroxylation sites is 4. The molecule has 1 heterocycles. The molecule has 0 radical (unpaired) electrons. The molecule has 2 aromatic carbocycles. The zero-order valence-corrected chi connectivity index (χ0v) is 14.7. The third-order valence-electron chi connectivity index (χ3n) is 4.01. The number of carbonyl (C=O) groups excluding carboxylic acids is 2. The van der Waals surface area contributed by atoms with E-state index in [1.54, 1.807) is 30.9 Å².